The smallest absolute Gasteiger partial charge is 0.407 e. The van der Waals surface area contributed by atoms with Gasteiger partial charge in [-0.05, 0) is 25.1 Å². The van der Waals surface area contributed by atoms with E-state index in [1.807, 2.05) is 0 Å². The molecule has 0 fully saturated rings. The summed E-state index contributed by atoms with van der Waals surface area (Å²) in [5, 5.41) is 5.11. The van der Waals surface area contributed by atoms with Gasteiger partial charge in [0.25, 0.3) is 5.91 Å². The Balaban J connectivity index is 2.83. The molecular formula is C16H24ClN3O5S. The molecule has 10 heteroatoms. The van der Waals surface area contributed by atoms with E-state index in [1.165, 1.54) is 22.5 Å². The normalized spacial score (nSPS) is 11.3. The summed E-state index contributed by atoms with van der Waals surface area (Å²) < 4.78 is 31.2. The van der Waals surface area contributed by atoms with E-state index in [4.69, 9.17) is 16.3 Å². The van der Waals surface area contributed by atoms with Crippen molar-refractivity contribution in [2.24, 2.45) is 0 Å². The highest BCUT2D eigenvalue weighted by atomic mass is 35.5. The summed E-state index contributed by atoms with van der Waals surface area (Å²) in [6.07, 6.45) is -0.569. The molecule has 26 heavy (non-hydrogen) atoms. The summed E-state index contributed by atoms with van der Waals surface area (Å²) in [6.45, 7) is 6.33. The molecule has 1 rings (SSSR count). The molecule has 0 radical (unpaired) electrons. The second-order valence-electron chi connectivity index (χ2n) is 5.14. The predicted octanol–water partition coefficient (Wildman–Crippen LogP) is 1.85. The lowest BCUT2D eigenvalue weighted by Crippen LogP contribution is -2.35. The number of benzene rings is 1. The first-order chi connectivity index (χ1) is 12.3. The number of amides is 2. The molecule has 146 valence electrons. The van der Waals surface area contributed by atoms with Crippen molar-refractivity contribution in [3.05, 3.63) is 28.8 Å². The second kappa shape index (κ2) is 10.3. The minimum atomic E-state index is -3.78. The fraction of sp³-hybridized carbons (Fsp3) is 0.500. The van der Waals surface area contributed by atoms with Crippen molar-refractivity contribution in [1.82, 2.24) is 14.9 Å². The number of halogens is 1. The van der Waals surface area contributed by atoms with Gasteiger partial charge in [-0.3, -0.25) is 4.79 Å². The number of hydrogen-bond acceptors (Lipinski definition) is 5. The molecule has 0 spiro atoms. The molecule has 1 aromatic rings. The minimum Gasteiger partial charge on any atom is -0.450 e. The quantitative estimate of drug-likeness (QED) is 0.610. The number of nitrogens with zero attached hydrogens (tertiary/aromatic N) is 1. The molecule has 2 amide bonds. The van der Waals surface area contributed by atoms with Crippen LogP contribution in [-0.2, 0) is 14.8 Å². The van der Waals surface area contributed by atoms with E-state index in [2.05, 4.69) is 10.6 Å². The van der Waals surface area contributed by atoms with Gasteiger partial charge in [-0.1, -0.05) is 25.4 Å². The predicted molar refractivity (Wildman–Crippen MR) is 98.9 cm³/mol. The maximum atomic E-state index is 12.6. The van der Waals surface area contributed by atoms with Gasteiger partial charge in [0.15, 0.2) is 0 Å². The van der Waals surface area contributed by atoms with E-state index < -0.39 is 22.0 Å². The molecular weight excluding hydrogens is 382 g/mol. The first-order valence-corrected chi connectivity index (χ1v) is 10.1. The summed E-state index contributed by atoms with van der Waals surface area (Å²) in [6, 6.07) is 4.07. The zero-order chi connectivity index (χ0) is 19.7. The fourth-order valence-electron chi connectivity index (χ4n) is 2.17. The van der Waals surface area contributed by atoms with E-state index >= 15 is 0 Å². The molecule has 0 aliphatic rings. The number of ether oxygens (including phenoxy) is 1. The monoisotopic (exact) mass is 405 g/mol. The van der Waals surface area contributed by atoms with Gasteiger partial charge in [-0.2, -0.15) is 4.31 Å². The van der Waals surface area contributed by atoms with Gasteiger partial charge < -0.3 is 15.4 Å². The van der Waals surface area contributed by atoms with Crippen molar-refractivity contribution in [2.45, 2.75) is 25.7 Å². The van der Waals surface area contributed by atoms with Crippen LogP contribution in [0.2, 0.25) is 5.02 Å². The fourth-order valence-corrected chi connectivity index (χ4v) is 4.13. The van der Waals surface area contributed by atoms with Gasteiger partial charge in [-0.15, -0.1) is 0 Å². The number of alkyl carbamates (subject to hydrolysis) is 1. The second-order valence-corrected chi connectivity index (χ2v) is 7.45. The maximum absolute atomic E-state index is 12.6. The average molecular weight is 406 g/mol. The molecule has 0 bridgehead atoms. The third-order valence-corrected chi connectivity index (χ3v) is 6.00. The van der Waals surface area contributed by atoms with E-state index in [0.717, 1.165) is 0 Å². The third kappa shape index (κ3) is 5.86. The molecule has 0 aliphatic carbocycles. The number of sulfonamides is 1. The summed E-state index contributed by atoms with van der Waals surface area (Å²) in [5.74, 6) is -0.469. The Morgan fingerprint density at radius 2 is 1.73 bits per heavy atom. The molecule has 0 saturated carbocycles. The van der Waals surface area contributed by atoms with Gasteiger partial charge in [-0.25, -0.2) is 13.2 Å². The van der Waals surface area contributed by atoms with Crippen LogP contribution >= 0.6 is 11.6 Å². The van der Waals surface area contributed by atoms with Crippen molar-refractivity contribution in [3.8, 4) is 0 Å². The molecule has 1 aromatic carbocycles. The van der Waals surface area contributed by atoms with Gasteiger partial charge in [0.05, 0.1) is 11.6 Å². The Hall–Kier alpha value is -1.84. The summed E-state index contributed by atoms with van der Waals surface area (Å²) >= 11 is 6.04. The van der Waals surface area contributed by atoms with E-state index in [1.54, 1.807) is 20.8 Å². The third-order valence-electron chi connectivity index (χ3n) is 3.47. The van der Waals surface area contributed by atoms with Crippen molar-refractivity contribution in [3.63, 3.8) is 0 Å². The number of carbonyl (C=O) groups excluding carboxylic acids is 2. The zero-order valence-electron chi connectivity index (χ0n) is 15.0. The topological polar surface area (TPSA) is 105 Å². The van der Waals surface area contributed by atoms with Crippen LogP contribution in [0.3, 0.4) is 0 Å². The molecule has 0 aromatic heterocycles. The lowest BCUT2D eigenvalue weighted by Gasteiger charge is -2.19. The van der Waals surface area contributed by atoms with Crippen LogP contribution in [0.25, 0.3) is 0 Å². The highest BCUT2D eigenvalue weighted by Gasteiger charge is 2.25. The molecule has 0 unspecified atom stereocenters. The van der Waals surface area contributed by atoms with E-state index in [9.17, 15) is 18.0 Å². The maximum Gasteiger partial charge on any atom is 0.407 e. The van der Waals surface area contributed by atoms with Gasteiger partial charge >= 0.3 is 6.09 Å². The van der Waals surface area contributed by atoms with Crippen molar-refractivity contribution in [1.29, 1.82) is 0 Å². The van der Waals surface area contributed by atoms with Crippen molar-refractivity contribution >= 4 is 33.6 Å². The zero-order valence-corrected chi connectivity index (χ0v) is 16.6. The van der Waals surface area contributed by atoms with Crippen LogP contribution < -0.4 is 10.6 Å². The number of rotatable bonds is 9. The molecule has 0 saturated heterocycles. The summed E-state index contributed by atoms with van der Waals surface area (Å²) in [7, 11) is -3.78. The number of nitrogens with one attached hydrogen (secondary N) is 2. The van der Waals surface area contributed by atoms with Crippen molar-refractivity contribution in [2.75, 3.05) is 32.8 Å². The first kappa shape index (κ1) is 22.2. The van der Waals surface area contributed by atoms with E-state index in [-0.39, 0.29) is 35.2 Å². The average Bonchev–Trinajstić information content (AvgIpc) is 2.59. The van der Waals surface area contributed by atoms with Crippen LogP contribution in [0.4, 0.5) is 4.79 Å². The largest absolute Gasteiger partial charge is 0.450 e. The summed E-state index contributed by atoms with van der Waals surface area (Å²) in [5.41, 5.74) is 0.163. The number of hydrogen-bond donors (Lipinski definition) is 2. The molecule has 0 aliphatic heterocycles. The Morgan fingerprint density at radius 3 is 2.31 bits per heavy atom. The lowest BCUT2D eigenvalue weighted by molar-refractivity contribution is 0.0952. The van der Waals surface area contributed by atoms with Gasteiger partial charge in [0.2, 0.25) is 10.0 Å². The SMILES string of the molecule is CCOC(=O)NCCNC(=O)c1ccc(Cl)c(S(=O)(=O)N(CC)CC)c1. The van der Waals surface area contributed by atoms with Gasteiger partial charge in [0, 0.05) is 31.7 Å². The molecule has 0 atom stereocenters. The Morgan fingerprint density at radius 1 is 1.12 bits per heavy atom. The highest BCUT2D eigenvalue weighted by molar-refractivity contribution is 7.89. The van der Waals surface area contributed by atoms with E-state index in [0.29, 0.717) is 13.1 Å². The highest BCUT2D eigenvalue weighted by Crippen LogP contribution is 2.25. The standard InChI is InChI=1S/C16H24ClN3O5S/c1-4-20(5-2)26(23,24)14-11-12(7-8-13(14)17)15(21)18-9-10-19-16(22)25-6-3/h7-8,11H,4-6,9-10H2,1-3H3,(H,18,21)(H,19,22). The molecule has 2 N–H and O–H groups in total. The van der Waals surface area contributed by atoms with Crippen molar-refractivity contribution < 1.29 is 22.7 Å². The molecule has 8 nitrogen and oxygen atoms in total. The summed E-state index contributed by atoms with van der Waals surface area (Å²) in [4.78, 5) is 23.2. The Bertz CT molecular complexity index is 735. The van der Waals surface area contributed by atoms with Crippen LogP contribution in [0.5, 0.6) is 0 Å². The minimum absolute atomic E-state index is 0.0532. The van der Waals surface area contributed by atoms with Crippen LogP contribution in [0, 0.1) is 0 Å². The van der Waals surface area contributed by atoms with Gasteiger partial charge in [0.1, 0.15) is 4.90 Å². The Labute approximate surface area is 158 Å². The van der Waals surface area contributed by atoms with Crippen LogP contribution in [0.1, 0.15) is 31.1 Å². The Kier molecular flexibility index (Phi) is 8.83. The molecule has 0 heterocycles. The number of carbonyl (C=O) groups is 2. The van der Waals surface area contributed by atoms with Crippen LogP contribution in [0.15, 0.2) is 23.1 Å². The van der Waals surface area contributed by atoms with Crippen LogP contribution in [-0.4, -0.2) is 57.5 Å². The lowest BCUT2D eigenvalue weighted by atomic mass is 10.2. The first-order valence-electron chi connectivity index (χ1n) is 8.26.